The molecule has 1 aliphatic heterocycles. The highest BCUT2D eigenvalue weighted by Gasteiger charge is 2.22. The van der Waals surface area contributed by atoms with Gasteiger partial charge in [-0.25, -0.2) is 4.98 Å². The SMILES string of the molecule is c1csc(Oc2ccc3c(c2)CCC(c2ccsc2)O3)n1. The molecule has 1 aromatic carbocycles. The third kappa shape index (κ3) is 2.66. The summed E-state index contributed by atoms with van der Waals surface area (Å²) in [5, 5.41) is 6.83. The number of thiazole rings is 1. The number of hydrogen-bond donors (Lipinski definition) is 0. The molecule has 3 heterocycles. The Hall–Kier alpha value is -1.85. The van der Waals surface area contributed by atoms with E-state index in [0.717, 1.165) is 24.3 Å². The minimum atomic E-state index is 0.175. The van der Waals surface area contributed by atoms with Crippen molar-refractivity contribution < 1.29 is 9.47 Å². The van der Waals surface area contributed by atoms with E-state index < -0.39 is 0 Å². The second-order valence-electron chi connectivity index (χ2n) is 4.87. The van der Waals surface area contributed by atoms with E-state index in [9.17, 15) is 0 Å². The van der Waals surface area contributed by atoms with Crippen LogP contribution in [0.2, 0.25) is 0 Å². The minimum absolute atomic E-state index is 0.175. The average molecular weight is 315 g/mol. The van der Waals surface area contributed by atoms with Crippen LogP contribution in [0.1, 0.15) is 23.7 Å². The number of rotatable bonds is 3. The third-order valence-corrected chi connectivity index (χ3v) is 4.86. The van der Waals surface area contributed by atoms with Crippen LogP contribution in [-0.2, 0) is 6.42 Å². The molecule has 0 saturated heterocycles. The maximum absolute atomic E-state index is 6.10. The fraction of sp³-hybridized carbons (Fsp3) is 0.188. The van der Waals surface area contributed by atoms with Crippen LogP contribution >= 0.6 is 22.7 Å². The monoisotopic (exact) mass is 315 g/mol. The van der Waals surface area contributed by atoms with Gasteiger partial charge in [-0.15, -0.1) is 0 Å². The zero-order chi connectivity index (χ0) is 14.1. The Morgan fingerprint density at radius 3 is 3.05 bits per heavy atom. The number of aryl methyl sites for hydroxylation is 1. The molecular weight excluding hydrogens is 302 g/mol. The first-order valence-electron chi connectivity index (χ1n) is 6.77. The third-order valence-electron chi connectivity index (χ3n) is 3.51. The van der Waals surface area contributed by atoms with Crippen LogP contribution in [0.15, 0.2) is 46.6 Å². The predicted octanol–water partition coefficient (Wildman–Crippen LogP) is 5.06. The summed E-state index contributed by atoms with van der Waals surface area (Å²) < 4.78 is 11.8. The van der Waals surface area contributed by atoms with E-state index >= 15 is 0 Å². The van der Waals surface area contributed by atoms with E-state index in [0.29, 0.717) is 5.19 Å². The molecule has 3 nitrogen and oxygen atoms in total. The summed E-state index contributed by atoms with van der Waals surface area (Å²) in [5.41, 5.74) is 2.48. The molecule has 21 heavy (non-hydrogen) atoms. The highest BCUT2D eigenvalue weighted by atomic mass is 32.1. The lowest BCUT2D eigenvalue weighted by Gasteiger charge is -2.26. The number of hydrogen-bond acceptors (Lipinski definition) is 5. The zero-order valence-corrected chi connectivity index (χ0v) is 12.8. The zero-order valence-electron chi connectivity index (χ0n) is 11.2. The standard InChI is InChI=1S/C16H13NO2S2/c1-3-15(12-5-7-20-10-12)19-14-4-2-13(9-11(1)14)18-16-17-6-8-21-16/h2,4-10,15H,1,3H2. The van der Waals surface area contributed by atoms with Crippen LogP contribution in [0.25, 0.3) is 0 Å². The molecule has 3 aromatic rings. The molecule has 0 spiro atoms. The Balaban J connectivity index is 1.55. The first kappa shape index (κ1) is 12.9. The average Bonchev–Trinajstić information content (AvgIpc) is 3.20. The van der Waals surface area contributed by atoms with E-state index in [1.54, 1.807) is 17.5 Å². The maximum atomic E-state index is 6.10. The van der Waals surface area contributed by atoms with Crippen molar-refractivity contribution in [2.75, 3.05) is 0 Å². The summed E-state index contributed by atoms with van der Waals surface area (Å²) in [6.45, 7) is 0. The van der Waals surface area contributed by atoms with Crippen molar-refractivity contribution in [1.82, 2.24) is 4.98 Å². The van der Waals surface area contributed by atoms with E-state index in [1.165, 1.54) is 22.5 Å². The van der Waals surface area contributed by atoms with Gasteiger partial charge in [-0.3, -0.25) is 0 Å². The molecule has 5 heteroatoms. The van der Waals surface area contributed by atoms with Crippen LogP contribution in [-0.4, -0.2) is 4.98 Å². The second-order valence-corrected chi connectivity index (χ2v) is 6.51. The van der Waals surface area contributed by atoms with Crippen LogP contribution < -0.4 is 9.47 Å². The van der Waals surface area contributed by atoms with Crippen molar-refractivity contribution in [2.24, 2.45) is 0 Å². The minimum Gasteiger partial charge on any atom is -0.485 e. The predicted molar refractivity (Wildman–Crippen MR) is 84.6 cm³/mol. The molecule has 0 radical (unpaired) electrons. The lowest BCUT2D eigenvalue weighted by Crippen LogP contribution is -2.14. The molecule has 2 aromatic heterocycles. The van der Waals surface area contributed by atoms with Crippen molar-refractivity contribution in [2.45, 2.75) is 18.9 Å². The molecule has 0 aliphatic carbocycles. The van der Waals surface area contributed by atoms with Gasteiger partial charge in [0.25, 0.3) is 5.19 Å². The number of nitrogens with zero attached hydrogens (tertiary/aromatic N) is 1. The summed E-state index contributed by atoms with van der Waals surface area (Å²) in [6.07, 6.45) is 3.93. The van der Waals surface area contributed by atoms with Crippen LogP contribution in [0.3, 0.4) is 0 Å². The highest BCUT2D eigenvalue weighted by Crippen LogP contribution is 2.38. The summed E-state index contributed by atoms with van der Waals surface area (Å²) in [5.74, 6) is 1.78. The smallest absolute Gasteiger partial charge is 0.278 e. The Morgan fingerprint density at radius 1 is 1.24 bits per heavy atom. The van der Waals surface area contributed by atoms with Crippen LogP contribution in [0.4, 0.5) is 0 Å². The van der Waals surface area contributed by atoms with E-state index in [2.05, 4.69) is 27.9 Å². The molecule has 0 amide bonds. The van der Waals surface area contributed by atoms with Gasteiger partial charge in [-0.05, 0) is 53.4 Å². The van der Waals surface area contributed by atoms with Gasteiger partial charge in [-0.1, -0.05) is 11.3 Å². The maximum Gasteiger partial charge on any atom is 0.278 e. The highest BCUT2D eigenvalue weighted by molar-refractivity contribution is 7.11. The van der Waals surface area contributed by atoms with E-state index in [1.807, 2.05) is 17.5 Å². The van der Waals surface area contributed by atoms with E-state index in [4.69, 9.17) is 9.47 Å². The number of aromatic nitrogens is 1. The Labute approximate surface area is 130 Å². The molecule has 106 valence electrons. The van der Waals surface area contributed by atoms with Gasteiger partial charge < -0.3 is 9.47 Å². The normalized spacial score (nSPS) is 17.0. The van der Waals surface area contributed by atoms with Crippen molar-refractivity contribution in [3.63, 3.8) is 0 Å². The van der Waals surface area contributed by atoms with E-state index in [-0.39, 0.29) is 6.10 Å². The van der Waals surface area contributed by atoms with Gasteiger partial charge in [0.2, 0.25) is 0 Å². The lowest BCUT2D eigenvalue weighted by molar-refractivity contribution is 0.177. The number of fused-ring (bicyclic) bond motifs is 1. The fourth-order valence-corrected chi connectivity index (χ4v) is 3.69. The van der Waals surface area contributed by atoms with Gasteiger partial charge in [0.05, 0.1) is 0 Å². The van der Waals surface area contributed by atoms with Gasteiger partial charge in [-0.2, -0.15) is 11.3 Å². The molecule has 0 saturated carbocycles. The summed E-state index contributed by atoms with van der Waals surface area (Å²) >= 11 is 3.20. The van der Waals surface area contributed by atoms with Gasteiger partial charge in [0, 0.05) is 17.1 Å². The van der Waals surface area contributed by atoms with Crippen LogP contribution in [0.5, 0.6) is 16.7 Å². The number of benzene rings is 1. The van der Waals surface area contributed by atoms with Crippen molar-refractivity contribution in [3.05, 3.63) is 57.7 Å². The van der Waals surface area contributed by atoms with Gasteiger partial charge in [0.1, 0.15) is 17.6 Å². The number of ether oxygens (including phenoxy) is 2. The topological polar surface area (TPSA) is 31.4 Å². The summed E-state index contributed by atoms with van der Waals surface area (Å²) in [6, 6.07) is 8.13. The second kappa shape index (κ2) is 5.50. The van der Waals surface area contributed by atoms with Crippen molar-refractivity contribution >= 4 is 22.7 Å². The fourth-order valence-electron chi connectivity index (χ4n) is 2.48. The molecule has 0 N–H and O–H groups in total. The lowest BCUT2D eigenvalue weighted by atomic mass is 9.99. The molecule has 1 atom stereocenters. The molecule has 0 fully saturated rings. The Bertz CT molecular complexity index is 723. The molecule has 1 unspecified atom stereocenters. The largest absolute Gasteiger partial charge is 0.485 e. The van der Waals surface area contributed by atoms with Gasteiger partial charge in [0.15, 0.2) is 0 Å². The van der Waals surface area contributed by atoms with Crippen molar-refractivity contribution in [3.8, 4) is 16.7 Å². The Kier molecular flexibility index (Phi) is 3.37. The molecule has 0 bridgehead atoms. The van der Waals surface area contributed by atoms with Crippen LogP contribution in [0, 0.1) is 0 Å². The summed E-state index contributed by atoms with van der Waals surface area (Å²) in [4.78, 5) is 4.14. The van der Waals surface area contributed by atoms with Crippen molar-refractivity contribution in [1.29, 1.82) is 0 Å². The first-order valence-corrected chi connectivity index (χ1v) is 8.60. The van der Waals surface area contributed by atoms with Gasteiger partial charge >= 0.3 is 0 Å². The molecule has 1 aliphatic rings. The molecule has 4 rings (SSSR count). The summed E-state index contributed by atoms with van der Waals surface area (Å²) in [7, 11) is 0. The Morgan fingerprint density at radius 2 is 2.24 bits per heavy atom. The molecular formula is C16H13NO2S2. The quantitative estimate of drug-likeness (QED) is 0.676. The number of thiophene rings is 1. The first-order chi connectivity index (χ1) is 10.4.